The minimum atomic E-state index is -3.34. The first-order chi connectivity index (χ1) is 9.25. The molecule has 1 aliphatic rings. The fourth-order valence-electron chi connectivity index (χ4n) is 2.29. The molecule has 2 N–H and O–H groups in total. The van der Waals surface area contributed by atoms with Crippen LogP contribution in [0, 0.1) is 5.92 Å². The molecule has 0 spiro atoms. The Hall–Kier alpha value is -1.15. The van der Waals surface area contributed by atoms with Crippen LogP contribution in [0.15, 0.2) is 0 Å². The van der Waals surface area contributed by atoms with Gasteiger partial charge in [0, 0.05) is 19.5 Å². The average Bonchev–Trinajstić information content (AvgIpc) is 2.64. The van der Waals surface area contributed by atoms with E-state index in [1.165, 1.54) is 4.31 Å². The van der Waals surface area contributed by atoms with Crippen molar-refractivity contribution in [2.24, 2.45) is 5.92 Å². The molecule has 116 valence electrons. The Labute approximate surface area is 119 Å². The standard InChI is InChI=1S/C12H22N2O5S/c1-9(2)11(14-7-4-8-20(14,18)19)12(17)13-6-3-5-10(15)16/h9,11H,3-8H2,1-2H3,(H,13,17)(H,15,16). The minimum absolute atomic E-state index is 0.0192. The summed E-state index contributed by atoms with van der Waals surface area (Å²) in [5.74, 6) is -1.32. The topological polar surface area (TPSA) is 104 Å². The first-order valence-electron chi connectivity index (χ1n) is 6.74. The molecule has 1 atom stereocenters. The zero-order valence-electron chi connectivity index (χ0n) is 11.8. The number of carboxylic acid groups (broad SMARTS) is 1. The van der Waals surface area contributed by atoms with Gasteiger partial charge in [-0.25, -0.2) is 8.42 Å². The lowest BCUT2D eigenvalue weighted by atomic mass is 10.0. The predicted molar refractivity (Wildman–Crippen MR) is 73.6 cm³/mol. The molecule has 1 amide bonds. The largest absolute Gasteiger partial charge is 0.481 e. The maximum atomic E-state index is 12.1. The highest BCUT2D eigenvalue weighted by molar-refractivity contribution is 7.89. The fourth-order valence-corrected chi connectivity index (χ4v) is 4.11. The van der Waals surface area contributed by atoms with Gasteiger partial charge in [0.2, 0.25) is 15.9 Å². The first-order valence-corrected chi connectivity index (χ1v) is 8.35. The summed E-state index contributed by atoms with van der Waals surface area (Å²) in [7, 11) is -3.34. The quantitative estimate of drug-likeness (QED) is 0.646. The van der Waals surface area contributed by atoms with Gasteiger partial charge >= 0.3 is 5.97 Å². The number of carboxylic acids is 1. The minimum Gasteiger partial charge on any atom is -0.481 e. The number of amides is 1. The molecule has 0 aromatic rings. The Balaban J connectivity index is 2.62. The third-order valence-corrected chi connectivity index (χ3v) is 5.14. The van der Waals surface area contributed by atoms with Crippen LogP contribution in [0.4, 0.5) is 0 Å². The molecule has 1 heterocycles. The van der Waals surface area contributed by atoms with Crippen molar-refractivity contribution in [2.45, 2.75) is 39.2 Å². The van der Waals surface area contributed by atoms with E-state index in [2.05, 4.69) is 5.32 Å². The van der Waals surface area contributed by atoms with E-state index < -0.39 is 22.0 Å². The lowest BCUT2D eigenvalue weighted by Gasteiger charge is -2.28. The molecule has 0 aromatic heterocycles. The molecule has 0 bridgehead atoms. The van der Waals surface area contributed by atoms with E-state index in [0.29, 0.717) is 19.4 Å². The Bertz CT molecular complexity index is 460. The van der Waals surface area contributed by atoms with E-state index in [1.807, 2.05) is 0 Å². The van der Waals surface area contributed by atoms with Crippen molar-refractivity contribution >= 4 is 21.9 Å². The average molecular weight is 306 g/mol. The molecule has 1 fully saturated rings. The molecule has 8 heteroatoms. The lowest BCUT2D eigenvalue weighted by molar-refractivity contribution is -0.137. The number of nitrogens with zero attached hydrogens (tertiary/aromatic N) is 1. The monoisotopic (exact) mass is 306 g/mol. The second kappa shape index (κ2) is 7.03. The molecule has 0 aliphatic carbocycles. The van der Waals surface area contributed by atoms with E-state index in [-0.39, 0.29) is 30.5 Å². The number of nitrogens with one attached hydrogen (secondary N) is 1. The molecule has 0 aromatic carbocycles. The van der Waals surface area contributed by atoms with E-state index >= 15 is 0 Å². The third kappa shape index (κ3) is 4.45. The number of rotatable bonds is 7. The summed E-state index contributed by atoms with van der Waals surface area (Å²) >= 11 is 0. The summed E-state index contributed by atoms with van der Waals surface area (Å²) in [6.45, 7) is 4.21. The van der Waals surface area contributed by atoms with Crippen LogP contribution in [0.1, 0.15) is 33.1 Å². The number of hydrogen-bond donors (Lipinski definition) is 2. The van der Waals surface area contributed by atoms with Gasteiger partial charge < -0.3 is 10.4 Å². The smallest absolute Gasteiger partial charge is 0.303 e. The van der Waals surface area contributed by atoms with Gasteiger partial charge in [0.15, 0.2) is 0 Å². The summed E-state index contributed by atoms with van der Waals surface area (Å²) < 4.78 is 25.1. The van der Waals surface area contributed by atoms with Gasteiger partial charge in [-0.05, 0) is 18.8 Å². The number of carbonyl (C=O) groups excluding carboxylic acids is 1. The summed E-state index contributed by atoms with van der Waals surface area (Å²) in [4.78, 5) is 22.5. The van der Waals surface area contributed by atoms with Crippen LogP contribution >= 0.6 is 0 Å². The van der Waals surface area contributed by atoms with Gasteiger partial charge in [-0.15, -0.1) is 0 Å². The molecular formula is C12H22N2O5S. The maximum absolute atomic E-state index is 12.1. The summed E-state index contributed by atoms with van der Waals surface area (Å²) in [6.07, 6.45) is 0.852. The van der Waals surface area contributed by atoms with Crippen molar-refractivity contribution < 1.29 is 23.1 Å². The highest BCUT2D eigenvalue weighted by atomic mass is 32.2. The van der Waals surface area contributed by atoms with Crippen molar-refractivity contribution in [3.63, 3.8) is 0 Å². The zero-order valence-corrected chi connectivity index (χ0v) is 12.6. The molecule has 20 heavy (non-hydrogen) atoms. The van der Waals surface area contributed by atoms with Crippen LogP contribution in [-0.4, -0.2) is 54.6 Å². The molecular weight excluding hydrogens is 284 g/mol. The van der Waals surface area contributed by atoms with Crippen LogP contribution in [0.2, 0.25) is 0 Å². The van der Waals surface area contributed by atoms with Crippen LogP contribution in [-0.2, 0) is 19.6 Å². The Morgan fingerprint density at radius 3 is 2.45 bits per heavy atom. The Morgan fingerprint density at radius 2 is 2.00 bits per heavy atom. The molecule has 0 saturated carbocycles. The Morgan fingerprint density at radius 1 is 1.35 bits per heavy atom. The number of aliphatic carboxylic acids is 1. The first kappa shape index (κ1) is 16.9. The maximum Gasteiger partial charge on any atom is 0.303 e. The number of sulfonamides is 1. The number of carbonyl (C=O) groups is 2. The van der Waals surface area contributed by atoms with Gasteiger partial charge in [-0.1, -0.05) is 13.8 Å². The molecule has 1 rings (SSSR count). The molecule has 1 aliphatic heterocycles. The summed E-state index contributed by atoms with van der Waals surface area (Å²) in [5, 5.41) is 11.1. The summed E-state index contributed by atoms with van der Waals surface area (Å²) in [6, 6.07) is -0.715. The second-order valence-corrected chi connectivity index (χ2v) is 7.30. The van der Waals surface area contributed by atoms with Gasteiger partial charge in [-0.2, -0.15) is 4.31 Å². The van der Waals surface area contributed by atoms with Crippen molar-refractivity contribution in [1.82, 2.24) is 9.62 Å². The predicted octanol–water partition coefficient (Wildman–Crippen LogP) is 0.0275. The van der Waals surface area contributed by atoms with Crippen molar-refractivity contribution in [2.75, 3.05) is 18.8 Å². The van der Waals surface area contributed by atoms with Crippen LogP contribution in [0.25, 0.3) is 0 Å². The SMILES string of the molecule is CC(C)C(C(=O)NCCCC(=O)O)N1CCCS1(=O)=O. The van der Waals surface area contributed by atoms with Gasteiger partial charge in [-0.3, -0.25) is 9.59 Å². The molecule has 1 unspecified atom stereocenters. The van der Waals surface area contributed by atoms with E-state index in [0.717, 1.165) is 0 Å². The van der Waals surface area contributed by atoms with Gasteiger partial charge in [0.1, 0.15) is 6.04 Å². The second-order valence-electron chi connectivity index (χ2n) is 5.26. The lowest BCUT2D eigenvalue weighted by Crippen LogP contribution is -2.50. The molecule has 1 saturated heterocycles. The molecule has 0 radical (unpaired) electrons. The van der Waals surface area contributed by atoms with E-state index in [4.69, 9.17) is 5.11 Å². The van der Waals surface area contributed by atoms with Crippen LogP contribution < -0.4 is 5.32 Å². The van der Waals surface area contributed by atoms with E-state index in [9.17, 15) is 18.0 Å². The highest BCUT2D eigenvalue weighted by Crippen LogP contribution is 2.22. The van der Waals surface area contributed by atoms with Crippen molar-refractivity contribution in [3.8, 4) is 0 Å². The zero-order chi connectivity index (χ0) is 15.3. The van der Waals surface area contributed by atoms with Gasteiger partial charge in [0.05, 0.1) is 5.75 Å². The highest BCUT2D eigenvalue weighted by Gasteiger charge is 2.39. The fraction of sp³-hybridized carbons (Fsp3) is 0.833. The number of hydrogen-bond acceptors (Lipinski definition) is 4. The van der Waals surface area contributed by atoms with Crippen molar-refractivity contribution in [1.29, 1.82) is 0 Å². The van der Waals surface area contributed by atoms with Crippen molar-refractivity contribution in [3.05, 3.63) is 0 Å². The normalized spacial score (nSPS) is 19.9. The van der Waals surface area contributed by atoms with E-state index in [1.54, 1.807) is 13.8 Å². The van der Waals surface area contributed by atoms with Crippen LogP contribution in [0.3, 0.4) is 0 Å². The van der Waals surface area contributed by atoms with Crippen LogP contribution in [0.5, 0.6) is 0 Å². The summed E-state index contributed by atoms with van der Waals surface area (Å²) in [5.41, 5.74) is 0. The third-order valence-electron chi connectivity index (χ3n) is 3.22. The van der Waals surface area contributed by atoms with Gasteiger partial charge in [0.25, 0.3) is 0 Å². The Kier molecular flexibility index (Phi) is 5.94. The molecule has 7 nitrogen and oxygen atoms in total.